The number of carbonyl (C=O) groups is 3. The Morgan fingerprint density at radius 1 is 0.943 bits per heavy atom. The summed E-state index contributed by atoms with van der Waals surface area (Å²) in [5, 5.41) is 0. The molecule has 0 aliphatic carbocycles. The molecular formula is C25H23N3O7. The number of nitrogens with zero attached hydrogens (tertiary/aromatic N) is 2. The molecule has 3 aromatic rings. The predicted octanol–water partition coefficient (Wildman–Crippen LogP) is 1.25. The second kappa shape index (κ2) is 11.4. The van der Waals surface area contributed by atoms with Crippen molar-refractivity contribution in [2.75, 3.05) is 19.5 Å². The van der Waals surface area contributed by atoms with Gasteiger partial charge < -0.3 is 15.2 Å². The minimum atomic E-state index is -1.08. The first-order chi connectivity index (χ1) is 16.8. The van der Waals surface area contributed by atoms with E-state index in [-0.39, 0.29) is 6.54 Å². The van der Waals surface area contributed by atoms with Crippen LogP contribution in [0.1, 0.15) is 21.5 Å². The molecule has 2 aromatic carbocycles. The highest BCUT2D eigenvalue weighted by Crippen LogP contribution is 2.10. The molecule has 0 bridgehead atoms. The predicted molar refractivity (Wildman–Crippen MR) is 128 cm³/mol. The third-order valence-corrected chi connectivity index (χ3v) is 5.00. The van der Waals surface area contributed by atoms with Gasteiger partial charge in [0.05, 0.1) is 13.7 Å². The monoisotopic (exact) mass is 477 g/mol. The number of Topliss-reactive ketones (excluding diaryl/α,β-unsaturated/α-hetero) is 1. The third-order valence-electron chi connectivity index (χ3n) is 5.00. The van der Waals surface area contributed by atoms with Crippen molar-refractivity contribution in [1.82, 2.24) is 9.13 Å². The molecule has 0 aliphatic heterocycles. The van der Waals surface area contributed by atoms with E-state index in [1.807, 2.05) is 6.07 Å². The van der Waals surface area contributed by atoms with Crippen molar-refractivity contribution in [3.05, 3.63) is 104 Å². The lowest BCUT2D eigenvalue weighted by atomic mass is 10.1. The van der Waals surface area contributed by atoms with Crippen LogP contribution in [0.15, 0.2) is 76.3 Å². The van der Waals surface area contributed by atoms with Crippen LogP contribution in [0.25, 0.3) is 6.08 Å². The van der Waals surface area contributed by atoms with Gasteiger partial charge in [0.25, 0.3) is 5.56 Å². The average molecular weight is 477 g/mol. The van der Waals surface area contributed by atoms with Gasteiger partial charge in [-0.25, -0.2) is 14.2 Å². The summed E-state index contributed by atoms with van der Waals surface area (Å²) in [5.74, 6) is -3.00. The van der Waals surface area contributed by atoms with E-state index >= 15 is 0 Å². The van der Waals surface area contributed by atoms with Crippen molar-refractivity contribution in [3.63, 3.8) is 0 Å². The van der Waals surface area contributed by atoms with Gasteiger partial charge in [0.1, 0.15) is 17.9 Å². The van der Waals surface area contributed by atoms with Crippen LogP contribution in [-0.4, -0.2) is 40.6 Å². The number of anilines is 1. The van der Waals surface area contributed by atoms with Gasteiger partial charge in [-0.15, -0.1) is 0 Å². The first-order valence-corrected chi connectivity index (χ1v) is 10.5. The molecule has 0 radical (unpaired) electrons. The minimum absolute atomic E-state index is 0.0627. The molecule has 10 nitrogen and oxygen atoms in total. The second-order valence-electron chi connectivity index (χ2n) is 7.36. The summed E-state index contributed by atoms with van der Waals surface area (Å²) in [6.07, 6.45) is 2.64. The van der Waals surface area contributed by atoms with E-state index in [0.29, 0.717) is 10.1 Å². The number of carbonyl (C=O) groups excluding carboxylic acids is 3. The third kappa shape index (κ3) is 6.20. The van der Waals surface area contributed by atoms with Gasteiger partial charge in [-0.3, -0.25) is 19.0 Å². The van der Waals surface area contributed by atoms with E-state index in [2.05, 4.69) is 4.74 Å². The van der Waals surface area contributed by atoms with Crippen LogP contribution in [0.2, 0.25) is 0 Å². The van der Waals surface area contributed by atoms with Crippen LogP contribution in [-0.2, 0) is 32.2 Å². The Morgan fingerprint density at radius 2 is 1.57 bits per heavy atom. The highest BCUT2D eigenvalue weighted by molar-refractivity contribution is 6.02. The van der Waals surface area contributed by atoms with Crippen molar-refractivity contribution in [1.29, 1.82) is 0 Å². The number of nitrogen functional groups attached to an aromatic ring is 1. The fraction of sp³-hybridized carbons (Fsp3) is 0.160. The topological polar surface area (TPSA) is 140 Å². The largest absolute Gasteiger partial charge is 0.468 e. The molecule has 3 rings (SSSR count). The van der Waals surface area contributed by atoms with Crippen molar-refractivity contribution >= 4 is 29.6 Å². The SMILES string of the molecule is COC(=O)Cn1c(=O)c(C(=O)COC(=O)/C=C/c2ccccc2)c(N)n(Cc2ccccc2)c1=O. The Hall–Kier alpha value is -4.73. The summed E-state index contributed by atoms with van der Waals surface area (Å²) in [5.41, 5.74) is 4.95. The Balaban J connectivity index is 1.91. The number of hydrogen-bond acceptors (Lipinski definition) is 8. The average Bonchev–Trinajstić information content (AvgIpc) is 2.87. The molecule has 0 atom stereocenters. The zero-order chi connectivity index (χ0) is 25.4. The van der Waals surface area contributed by atoms with Gasteiger partial charge in [0, 0.05) is 6.08 Å². The zero-order valence-corrected chi connectivity index (χ0v) is 18.9. The summed E-state index contributed by atoms with van der Waals surface area (Å²) in [4.78, 5) is 62.6. The van der Waals surface area contributed by atoms with E-state index in [1.165, 1.54) is 6.08 Å². The van der Waals surface area contributed by atoms with Crippen LogP contribution in [0.3, 0.4) is 0 Å². The van der Waals surface area contributed by atoms with Crippen LogP contribution >= 0.6 is 0 Å². The number of hydrogen-bond donors (Lipinski definition) is 1. The van der Waals surface area contributed by atoms with E-state index in [1.54, 1.807) is 54.6 Å². The van der Waals surface area contributed by atoms with Crippen LogP contribution in [0.5, 0.6) is 0 Å². The van der Waals surface area contributed by atoms with Gasteiger partial charge in [0.15, 0.2) is 6.61 Å². The summed E-state index contributed by atoms with van der Waals surface area (Å²) >= 11 is 0. The maximum absolute atomic E-state index is 13.0. The lowest BCUT2D eigenvalue weighted by Crippen LogP contribution is -2.46. The minimum Gasteiger partial charge on any atom is -0.468 e. The summed E-state index contributed by atoms with van der Waals surface area (Å²) in [6.45, 7) is -1.57. The number of esters is 2. The van der Waals surface area contributed by atoms with Gasteiger partial charge in [-0.05, 0) is 17.2 Å². The molecular weight excluding hydrogens is 454 g/mol. The number of ketones is 1. The van der Waals surface area contributed by atoms with Crippen LogP contribution in [0.4, 0.5) is 5.82 Å². The van der Waals surface area contributed by atoms with Crippen molar-refractivity contribution in [2.24, 2.45) is 0 Å². The van der Waals surface area contributed by atoms with Crippen molar-refractivity contribution < 1.29 is 23.9 Å². The molecule has 0 amide bonds. The van der Waals surface area contributed by atoms with Gasteiger partial charge in [0.2, 0.25) is 5.78 Å². The molecule has 1 aromatic heterocycles. The fourth-order valence-corrected chi connectivity index (χ4v) is 3.21. The molecule has 2 N–H and O–H groups in total. The molecule has 0 aliphatic rings. The number of nitrogens with two attached hydrogens (primary N) is 1. The highest BCUT2D eigenvalue weighted by Gasteiger charge is 2.24. The normalized spacial score (nSPS) is 10.8. The Labute approximate surface area is 199 Å². The van der Waals surface area contributed by atoms with E-state index in [4.69, 9.17) is 10.5 Å². The molecule has 0 unspecified atom stereocenters. The second-order valence-corrected chi connectivity index (χ2v) is 7.36. The maximum Gasteiger partial charge on any atom is 0.333 e. The molecule has 1 heterocycles. The lowest BCUT2D eigenvalue weighted by Gasteiger charge is -2.16. The van der Waals surface area contributed by atoms with Crippen molar-refractivity contribution in [2.45, 2.75) is 13.1 Å². The number of rotatable bonds is 9. The zero-order valence-electron chi connectivity index (χ0n) is 18.9. The number of methoxy groups -OCH3 is 1. The fourth-order valence-electron chi connectivity index (χ4n) is 3.21. The molecule has 10 heteroatoms. The molecule has 0 saturated heterocycles. The lowest BCUT2D eigenvalue weighted by molar-refractivity contribution is -0.141. The van der Waals surface area contributed by atoms with Gasteiger partial charge in [-0.1, -0.05) is 60.7 Å². The summed E-state index contributed by atoms with van der Waals surface area (Å²) in [7, 11) is 1.10. The standard InChI is InChI=1S/C25H23N3O7/c1-34-21(31)15-28-24(32)22(23(26)27(25(28)33)14-18-10-6-3-7-11-18)19(29)16-35-20(30)13-12-17-8-4-2-5-9-17/h2-13H,14-16,26H2,1H3/b13-12+. The summed E-state index contributed by atoms with van der Waals surface area (Å²) < 4.78 is 11.1. The van der Waals surface area contributed by atoms with Crippen molar-refractivity contribution in [3.8, 4) is 0 Å². The quantitative estimate of drug-likeness (QED) is 0.276. The van der Waals surface area contributed by atoms with Crippen LogP contribution < -0.4 is 17.0 Å². The Bertz CT molecular complexity index is 1370. The van der Waals surface area contributed by atoms with Gasteiger partial charge in [-0.2, -0.15) is 0 Å². The molecule has 180 valence electrons. The molecule has 0 spiro atoms. The Kier molecular flexibility index (Phi) is 8.12. The van der Waals surface area contributed by atoms with Crippen LogP contribution in [0, 0.1) is 0 Å². The summed E-state index contributed by atoms with van der Waals surface area (Å²) in [6, 6.07) is 17.7. The molecule has 0 saturated carbocycles. The number of ether oxygens (including phenoxy) is 2. The Morgan fingerprint density at radius 3 is 2.20 bits per heavy atom. The van der Waals surface area contributed by atoms with E-state index in [9.17, 15) is 24.0 Å². The maximum atomic E-state index is 13.0. The number of benzene rings is 2. The molecule has 35 heavy (non-hydrogen) atoms. The molecule has 0 fully saturated rings. The number of aromatic nitrogens is 2. The van der Waals surface area contributed by atoms with E-state index in [0.717, 1.165) is 23.3 Å². The first kappa shape index (κ1) is 24.9. The van der Waals surface area contributed by atoms with Gasteiger partial charge >= 0.3 is 17.6 Å². The van der Waals surface area contributed by atoms with E-state index < -0.39 is 53.5 Å². The highest BCUT2D eigenvalue weighted by atomic mass is 16.5. The smallest absolute Gasteiger partial charge is 0.333 e. The first-order valence-electron chi connectivity index (χ1n) is 10.5.